The van der Waals surface area contributed by atoms with Gasteiger partial charge in [-0.2, -0.15) is 0 Å². The van der Waals surface area contributed by atoms with E-state index in [1.807, 2.05) is 12.1 Å². The van der Waals surface area contributed by atoms with Crippen LogP contribution in [-0.4, -0.2) is 4.92 Å². The quantitative estimate of drug-likeness (QED) is 0.400. The molecule has 0 saturated carbocycles. The van der Waals surface area contributed by atoms with Gasteiger partial charge < -0.3 is 0 Å². The summed E-state index contributed by atoms with van der Waals surface area (Å²) in [5, 5.41) is 10.7. The van der Waals surface area contributed by atoms with Gasteiger partial charge in [0.05, 0.1) is 4.92 Å². The molecule has 1 aromatic heterocycles. The van der Waals surface area contributed by atoms with E-state index in [1.165, 1.54) is 22.3 Å². The number of nitrogens with zero attached hydrogens (tertiary/aromatic N) is 2. The Morgan fingerprint density at radius 2 is 1.56 bits per heavy atom. The molecule has 1 heterocycles. The van der Waals surface area contributed by atoms with E-state index in [1.54, 1.807) is 12.1 Å². The van der Waals surface area contributed by atoms with Crippen molar-refractivity contribution >= 4 is 5.69 Å². The maximum absolute atomic E-state index is 10.7. The Labute approximate surface area is 147 Å². The summed E-state index contributed by atoms with van der Waals surface area (Å²) >= 11 is 0. The molecule has 25 heavy (non-hydrogen) atoms. The lowest BCUT2D eigenvalue weighted by Crippen LogP contribution is -2.33. The monoisotopic (exact) mass is 333 g/mol. The molecule has 0 unspecified atom stereocenters. The van der Waals surface area contributed by atoms with Crippen LogP contribution in [0.15, 0.2) is 67.0 Å². The molecule has 0 radical (unpaired) electrons. The lowest BCUT2D eigenvalue weighted by Gasteiger charge is -2.05. The third kappa shape index (κ3) is 4.29. The van der Waals surface area contributed by atoms with Crippen LogP contribution in [0.4, 0.5) is 5.69 Å². The molecule has 0 aliphatic heterocycles. The number of nitro groups is 1. The molecular formula is C21H21N2O2+. The van der Waals surface area contributed by atoms with E-state index in [2.05, 4.69) is 61.1 Å². The summed E-state index contributed by atoms with van der Waals surface area (Å²) in [7, 11) is 0. The Balaban J connectivity index is 1.69. The number of benzene rings is 2. The summed E-state index contributed by atoms with van der Waals surface area (Å²) in [6, 6.07) is 17.5. The fraction of sp³-hybridized carbons (Fsp3) is 0.190. The first kappa shape index (κ1) is 16.8. The molecule has 0 saturated heterocycles. The van der Waals surface area contributed by atoms with Crippen molar-refractivity contribution in [2.45, 2.75) is 26.8 Å². The summed E-state index contributed by atoms with van der Waals surface area (Å²) in [6.07, 6.45) is 4.94. The largest absolute Gasteiger partial charge is 0.269 e. The van der Waals surface area contributed by atoms with Crippen LogP contribution in [0.5, 0.6) is 0 Å². The molecule has 3 aromatic rings. The van der Waals surface area contributed by atoms with Crippen molar-refractivity contribution in [3.63, 3.8) is 0 Å². The molecule has 0 amide bonds. The Bertz CT molecular complexity index is 885. The van der Waals surface area contributed by atoms with Crippen LogP contribution < -0.4 is 4.57 Å². The number of hydrogen-bond donors (Lipinski definition) is 0. The van der Waals surface area contributed by atoms with Gasteiger partial charge >= 0.3 is 0 Å². The Morgan fingerprint density at radius 3 is 2.20 bits per heavy atom. The van der Waals surface area contributed by atoms with Gasteiger partial charge in [0.1, 0.15) is 0 Å². The van der Waals surface area contributed by atoms with Crippen LogP contribution in [0.3, 0.4) is 0 Å². The van der Waals surface area contributed by atoms with Crippen LogP contribution in [0.1, 0.15) is 27.8 Å². The van der Waals surface area contributed by atoms with Crippen LogP contribution in [0.25, 0.3) is 0 Å². The van der Waals surface area contributed by atoms with E-state index in [-0.39, 0.29) is 10.6 Å². The van der Waals surface area contributed by atoms with Crippen LogP contribution in [-0.2, 0) is 13.0 Å². The van der Waals surface area contributed by atoms with Gasteiger partial charge in [-0.3, -0.25) is 10.1 Å². The number of nitro benzene ring substituents is 1. The first-order valence-electron chi connectivity index (χ1n) is 8.29. The number of aryl methyl sites for hydroxylation is 2. The highest BCUT2D eigenvalue weighted by molar-refractivity contribution is 5.35. The topological polar surface area (TPSA) is 47.0 Å². The molecule has 0 aliphatic rings. The zero-order chi connectivity index (χ0) is 17.8. The number of pyridine rings is 1. The highest BCUT2D eigenvalue weighted by atomic mass is 16.6. The van der Waals surface area contributed by atoms with Crippen LogP contribution in [0.2, 0.25) is 0 Å². The lowest BCUT2D eigenvalue weighted by molar-refractivity contribution is -0.688. The number of rotatable bonds is 5. The summed E-state index contributed by atoms with van der Waals surface area (Å²) in [6.45, 7) is 5.10. The van der Waals surface area contributed by atoms with Crippen molar-refractivity contribution in [2.24, 2.45) is 0 Å². The van der Waals surface area contributed by atoms with Gasteiger partial charge in [-0.15, -0.1) is 0 Å². The van der Waals surface area contributed by atoms with Gasteiger partial charge in [0.2, 0.25) is 0 Å². The molecule has 126 valence electrons. The van der Waals surface area contributed by atoms with E-state index in [4.69, 9.17) is 0 Å². The van der Waals surface area contributed by atoms with Gasteiger partial charge in [-0.25, -0.2) is 4.57 Å². The molecule has 0 aliphatic carbocycles. The van der Waals surface area contributed by atoms with Crippen molar-refractivity contribution in [3.8, 4) is 0 Å². The molecule has 0 atom stereocenters. The summed E-state index contributed by atoms with van der Waals surface area (Å²) < 4.78 is 2.17. The normalized spacial score (nSPS) is 10.6. The molecule has 4 nitrogen and oxygen atoms in total. The number of aromatic nitrogens is 1. The molecule has 0 bridgehead atoms. The van der Waals surface area contributed by atoms with E-state index in [0.29, 0.717) is 0 Å². The summed E-state index contributed by atoms with van der Waals surface area (Å²) in [5.41, 5.74) is 6.28. The van der Waals surface area contributed by atoms with E-state index < -0.39 is 0 Å². The zero-order valence-corrected chi connectivity index (χ0v) is 14.5. The highest BCUT2D eigenvalue weighted by Gasteiger charge is 2.08. The molecular weight excluding hydrogens is 312 g/mol. The SMILES string of the molecule is Cc1ccc(C)c(C[n+]2ccc(Cc3ccc([N+](=O)[O-])cc3)cc2)c1. The van der Waals surface area contributed by atoms with E-state index >= 15 is 0 Å². The maximum Gasteiger partial charge on any atom is 0.269 e. The van der Waals surface area contributed by atoms with Gasteiger partial charge in [-0.05, 0) is 43.0 Å². The minimum absolute atomic E-state index is 0.128. The molecule has 0 spiro atoms. The van der Waals surface area contributed by atoms with Crippen molar-refractivity contribution in [1.82, 2.24) is 0 Å². The fourth-order valence-electron chi connectivity index (χ4n) is 2.85. The minimum atomic E-state index is -0.373. The zero-order valence-electron chi connectivity index (χ0n) is 14.5. The second kappa shape index (κ2) is 7.26. The lowest BCUT2D eigenvalue weighted by atomic mass is 10.0. The fourth-order valence-corrected chi connectivity index (χ4v) is 2.85. The van der Waals surface area contributed by atoms with Gasteiger partial charge in [0.15, 0.2) is 18.9 Å². The Kier molecular flexibility index (Phi) is 4.89. The third-order valence-corrected chi connectivity index (χ3v) is 4.37. The Hall–Kier alpha value is -3.01. The first-order valence-corrected chi connectivity index (χ1v) is 8.29. The second-order valence-electron chi connectivity index (χ2n) is 6.41. The molecule has 0 fully saturated rings. The first-order chi connectivity index (χ1) is 12.0. The van der Waals surface area contributed by atoms with Crippen molar-refractivity contribution in [3.05, 3.63) is 105 Å². The highest BCUT2D eigenvalue weighted by Crippen LogP contribution is 2.15. The molecule has 3 rings (SSSR count). The summed E-state index contributed by atoms with van der Waals surface area (Å²) in [4.78, 5) is 10.3. The standard InChI is InChI=1S/C21H21N2O2/c1-16-3-4-17(2)20(13-16)15-22-11-9-19(10-12-22)14-18-5-7-21(8-6-18)23(24)25/h3-13H,14-15H2,1-2H3/q+1. The third-order valence-electron chi connectivity index (χ3n) is 4.37. The van der Waals surface area contributed by atoms with Crippen LogP contribution in [0, 0.1) is 24.0 Å². The second-order valence-corrected chi connectivity index (χ2v) is 6.41. The number of hydrogen-bond acceptors (Lipinski definition) is 2. The van der Waals surface area contributed by atoms with E-state index in [9.17, 15) is 10.1 Å². The summed E-state index contributed by atoms with van der Waals surface area (Å²) in [5.74, 6) is 0. The van der Waals surface area contributed by atoms with Crippen molar-refractivity contribution < 1.29 is 9.49 Å². The Morgan fingerprint density at radius 1 is 0.920 bits per heavy atom. The van der Waals surface area contributed by atoms with Crippen molar-refractivity contribution in [2.75, 3.05) is 0 Å². The average Bonchev–Trinajstić information content (AvgIpc) is 2.60. The van der Waals surface area contributed by atoms with Crippen LogP contribution >= 0.6 is 0 Å². The van der Waals surface area contributed by atoms with Crippen molar-refractivity contribution in [1.29, 1.82) is 0 Å². The van der Waals surface area contributed by atoms with Gasteiger partial charge in [0.25, 0.3) is 5.69 Å². The molecule has 0 N–H and O–H groups in total. The predicted molar refractivity (Wildman–Crippen MR) is 97.6 cm³/mol. The average molecular weight is 333 g/mol. The van der Waals surface area contributed by atoms with E-state index in [0.717, 1.165) is 18.5 Å². The van der Waals surface area contributed by atoms with Gasteiger partial charge in [0, 0.05) is 29.8 Å². The molecule has 2 aromatic carbocycles. The number of non-ortho nitro benzene ring substituents is 1. The maximum atomic E-state index is 10.7. The smallest absolute Gasteiger partial charge is 0.258 e. The minimum Gasteiger partial charge on any atom is -0.258 e. The predicted octanol–water partition coefficient (Wildman–Crippen LogP) is 4.14. The molecule has 4 heteroatoms. The van der Waals surface area contributed by atoms with Gasteiger partial charge in [-0.1, -0.05) is 29.8 Å².